The lowest BCUT2D eigenvalue weighted by Crippen LogP contribution is -2.40. The fourth-order valence-corrected chi connectivity index (χ4v) is 1.57. The molecule has 0 saturated carbocycles. The average Bonchev–Trinajstić information content (AvgIpc) is 2.30. The zero-order valence-electron chi connectivity index (χ0n) is 11.9. The smallest absolute Gasteiger partial charge is 0.409 e. The first kappa shape index (κ1) is 16.7. The van der Waals surface area contributed by atoms with Crippen molar-refractivity contribution < 1.29 is 19.1 Å². The highest BCUT2D eigenvalue weighted by Gasteiger charge is 2.22. The van der Waals surface area contributed by atoms with Crippen molar-refractivity contribution in [1.29, 1.82) is 0 Å². The van der Waals surface area contributed by atoms with Crippen molar-refractivity contribution in [3.05, 3.63) is 0 Å². The maximum atomic E-state index is 11.6. The molecule has 1 unspecified atom stereocenters. The number of esters is 1. The topological polar surface area (TPSA) is 55.8 Å². The number of hydrogen-bond acceptors (Lipinski definition) is 4. The summed E-state index contributed by atoms with van der Waals surface area (Å²) in [5, 5.41) is 0. The molecule has 0 aromatic carbocycles. The van der Waals surface area contributed by atoms with Gasteiger partial charge in [-0.2, -0.15) is 0 Å². The summed E-state index contributed by atoms with van der Waals surface area (Å²) in [6.45, 7) is 8.78. The standard InChI is InChI=1S/C13H25NO4/c1-5-8-9-18-12(15)10-11(4)14(6-2)13(16)17-7-3/h11H,5-10H2,1-4H3. The van der Waals surface area contributed by atoms with Crippen LogP contribution in [-0.2, 0) is 14.3 Å². The van der Waals surface area contributed by atoms with Gasteiger partial charge in [-0.05, 0) is 27.2 Å². The predicted octanol–water partition coefficient (Wildman–Crippen LogP) is 2.59. The van der Waals surface area contributed by atoms with Crippen LogP contribution in [0.15, 0.2) is 0 Å². The van der Waals surface area contributed by atoms with Crippen molar-refractivity contribution in [1.82, 2.24) is 4.90 Å². The van der Waals surface area contributed by atoms with E-state index in [0.717, 1.165) is 12.8 Å². The van der Waals surface area contributed by atoms with E-state index in [9.17, 15) is 9.59 Å². The number of carbonyl (C=O) groups is 2. The molecule has 0 aliphatic carbocycles. The summed E-state index contributed by atoms with van der Waals surface area (Å²) in [4.78, 5) is 24.7. The molecule has 0 aromatic heterocycles. The molecule has 0 heterocycles. The van der Waals surface area contributed by atoms with Gasteiger partial charge in [0, 0.05) is 12.6 Å². The first-order chi connectivity index (χ1) is 8.56. The molecular weight excluding hydrogens is 234 g/mol. The molecule has 0 rings (SSSR count). The highest BCUT2D eigenvalue weighted by Crippen LogP contribution is 2.07. The number of ether oxygens (including phenoxy) is 2. The average molecular weight is 259 g/mol. The second kappa shape index (κ2) is 9.74. The van der Waals surface area contributed by atoms with E-state index in [4.69, 9.17) is 9.47 Å². The Kier molecular flexibility index (Phi) is 9.06. The van der Waals surface area contributed by atoms with Crippen LogP contribution in [0, 0.1) is 0 Å². The quantitative estimate of drug-likeness (QED) is 0.496. The molecule has 1 amide bonds. The van der Waals surface area contributed by atoms with Crippen LogP contribution in [0.4, 0.5) is 4.79 Å². The highest BCUT2D eigenvalue weighted by molar-refractivity contribution is 5.72. The van der Waals surface area contributed by atoms with Crippen LogP contribution in [-0.4, -0.2) is 42.8 Å². The van der Waals surface area contributed by atoms with Crippen molar-refractivity contribution in [2.45, 2.75) is 53.0 Å². The van der Waals surface area contributed by atoms with Crippen LogP contribution in [0.2, 0.25) is 0 Å². The van der Waals surface area contributed by atoms with E-state index in [1.54, 1.807) is 6.92 Å². The van der Waals surface area contributed by atoms with Crippen molar-refractivity contribution in [3.63, 3.8) is 0 Å². The molecule has 0 saturated heterocycles. The van der Waals surface area contributed by atoms with Gasteiger partial charge in [-0.3, -0.25) is 4.79 Å². The van der Waals surface area contributed by atoms with Crippen molar-refractivity contribution in [2.24, 2.45) is 0 Å². The number of nitrogens with zero attached hydrogens (tertiary/aromatic N) is 1. The summed E-state index contributed by atoms with van der Waals surface area (Å²) in [6.07, 6.45) is 1.69. The van der Waals surface area contributed by atoms with Gasteiger partial charge in [0.25, 0.3) is 0 Å². The van der Waals surface area contributed by atoms with Crippen LogP contribution in [0.3, 0.4) is 0 Å². The lowest BCUT2D eigenvalue weighted by Gasteiger charge is -2.26. The van der Waals surface area contributed by atoms with Gasteiger partial charge < -0.3 is 14.4 Å². The lowest BCUT2D eigenvalue weighted by molar-refractivity contribution is -0.144. The summed E-state index contributed by atoms with van der Waals surface area (Å²) in [7, 11) is 0. The lowest BCUT2D eigenvalue weighted by atomic mass is 10.2. The molecule has 0 radical (unpaired) electrons. The molecule has 5 heteroatoms. The normalized spacial score (nSPS) is 11.8. The molecule has 0 aromatic rings. The minimum absolute atomic E-state index is 0.205. The second-order valence-electron chi connectivity index (χ2n) is 4.11. The van der Waals surface area contributed by atoms with Crippen LogP contribution in [0.25, 0.3) is 0 Å². The Balaban J connectivity index is 4.13. The van der Waals surface area contributed by atoms with Gasteiger partial charge >= 0.3 is 12.1 Å². The molecule has 0 aliphatic rings. The third-order valence-electron chi connectivity index (χ3n) is 2.60. The molecule has 0 fully saturated rings. The van der Waals surface area contributed by atoms with E-state index in [0.29, 0.717) is 19.8 Å². The number of hydrogen-bond donors (Lipinski definition) is 0. The summed E-state index contributed by atoms with van der Waals surface area (Å²) < 4.78 is 10.0. The van der Waals surface area contributed by atoms with Gasteiger partial charge in [-0.25, -0.2) is 4.79 Å². The van der Waals surface area contributed by atoms with Crippen molar-refractivity contribution in [3.8, 4) is 0 Å². The van der Waals surface area contributed by atoms with Crippen molar-refractivity contribution >= 4 is 12.1 Å². The Morgan fingerprint density at radius 2 is 1.83 bits per heavy atom. The van der Waals surface area contributed by atoms with Gasteiger partial charge in [0.15, 0.2) is 0 Å². The Morgan fingerprint density at radius 3 is 2.33 bits per heavy atom. The van der Waals surface area contributed by atoms with Crippen LogP contribution in [0.5, 0.6) is 0 Å². The highest BCUT2D eigenvalue weighted by atomic mass is 16.6. The fourth-order valence-electron chi connectivity index (χ4n) is 1.57. The molecule has 106 valence electrons. The van der Waals surface area contributed by atoms with E-state index >= 15 is 0 Å². The third-order valence-corrected chi connectivity index (χ3v) is 2.60. The third kappa shape index (κ3) is 6.47. The van der Waals surface area contributed by atoms with Crippen LogP contribution >= 0.6 is 0 Å². The Hall–Kier alpha value is -1.26. The molecule has 0 N–H and O–H groups in total. The summed E-state index contributed by atoms with van der Waals surface area (Å²) in [5.41, 5.74) is 0. The van der Waals surface area contributed by atoms with Gasteiger partial charge in [0.1, 0.15) is 0 Å². The van der Waals surface area contributed by atoms with E-state index in [-0.39, 0.29) is 24.5 Å². The SMILES string of the molecule is CCCCOC(=O)CC(C)N(CC)C(=O)OCC. The van der Waals surface area contributed by atoms with E-state index in [2.05, 4.69) is 0 Å². The van der Waals surface area contributed by atoms with E-state index < -0.39 is 0 Å². The summed E-state index contributed by atoms with van der Waals surface area (Å²) in [5.74, 6) is -0.265. The van der Waals surface area contributed by atoms with Crippen LogP contribution < -0.4 is 0 Å². The monoisotopic (exact) mass is 259 g/mol. The first-order valence-corrected chi connectivity index (χ1v) is 6.65. The van der Waals surface area contributed by atoms with Crippen LogP contribution in [0.1, 0.15) is 47.0 Å². The molecular formula is C13H25NO4. The Morgan fingerprint density at radius 1 is 1.17 bits per heavy atom. The number of rotatable bonds is 8. The maximum absolute atomic E-state index is 11.6. The van der Waals surface area contributed by atoms with Gasteiger partial charge in [0.2, 0.25) is 0 Å². The molecule has 0 spiro atoms. The zero-order chi connectivity index (χ0) is 14.0. The molecule has 0 bridgehead atoms. The molecule has 5 nitrogen and oxygen atoms in total. The minimum Gasteiger partial charge on any atom is -0.466 e. The summed E-state index contributed by atoms with van der Waals surface area (Å²) in [6, 6.07) is -0.205. The predicted molar refractivity (Wildman–Crippen MR) is 69.3 cm³/mol. The van der Waals surface area contributed by atoms with E-state index in [1.165, 1.54) is 4.90 Å². The number of unbranched alkanes of at least 4 members (excludes halogenated alkanes) is 1. The maximum Gasteiger partial charge on any atom is 0.409 e. The number of amides is 1. The Bertz CT molecular complexity index is 255. The van der Waals surface area contributed by atoms with Gasteiger partial charge in [-0.15, -0.1) is 0 Å². The molecule has 1 atom stereocenters. The van der Waals surface area contributed by atoms with Crippen molar-refractivity contribution in [2.75, 3.05) is 19.8 Å². The van der Waals surface area contributed by atoms with Gasteiger partial charge in [-0.1, -0.05) is 13.3 Å². The Labute approximate surface area is 109 Å². The second-order valence-corrected chi connectivity index (χ2v) is 4.11. The number of carbonyl (C=O) groups excluding carboxylic acids is 2. The molecule has 0 aliphatic heterocycles. The zero-order valence-corrected chi connectivity index (χ0v) is 11.9. The molecule has 18 heavy (non-hydrogen) atoms. The van der Waals surface area contributed by atoms with Gasteiger partial charge in [0.05, 0.1) is 19.6 Å². The first-order valence-electron chi connectivity index (χ1n) is 6.65. The minimum atomic E-state index is -0.381. The summed E-state index contributed by atoms with van der Waals surface area (Å²) >= 11 is 0. The van der Waals surface area contributed by atoms with E-state index in [1.807, 2.05) is 20.8 Å². The fraction of sp³-hybridized carbons (Fsp3) is 0.846. The largest absolute Gasteiger partial charge is 0.466 e.